The van der Waals surface area contributed by atoms with Gasteiger partial charge in [0.25, 0.3) is 5.56 Å². The molecule has 0 unspecified atom stereocenters. The summed E-state index contributed by atoms with van der Waals surface area (Å²) in [4.78, 5) is 26.9. The molecule has 5 nitrogen and oxygen atoms in total. The van der Waals surface area contributed by atoms with Crippen LogP contribution in [0.4, 0.5) is 10.1 Å². The molecule has 0 aliphatic carbocycles. The van der Waals surface area contributed by atoms with Gasteiger partial charge in [0.15, 0.2) is 0 Å². The standard InChI is InChI=1S/C24H20FN3O2S/c1-16-23(24(30)28(27(16)2)17-8-4-3-5-9-17)26-22(29)15-13-18-12-14-21(31-18)19-10-6-7-11-20(19)25/h3-15H,1-2H3,(H,26,29). The molecule has 0 radical (unpaired) electrons. The number of carbonyl (C=O) groups is 1. The Morgan fingerprint density at radius 2 is 1.74 bits per heavy atom. The van der Waals surface area contributed by atoms with E-state index >= 15 is 0 Å². The van der Waals surface area contributed by atoms with Crippen LogP contribution in [0.15, 0.2) is 77.6 Å². The number of hydrogen-bond donors (Lipinski definition) is 1. The number of anilines is 1. The van der Waals surface area contributed by atoms with Crippen molar-refractivity contribution in [3.8, 4) is 16.1 Å². The third-order valence-corrected chi connectivity index (χ3v) is 6.05. The zero-order valence-corrected chi connectivity index (χ0v) is 17.8. The molecule has 2 heterocycles. The van der Waals surface area contributed by atoms with Gasteiger partial charge < -0.3 is 5.32 Å². The van der Waals surface area contributed by atoms with Crippen molar-refractivity contribution in [2.75, 3.05) is 5.32 Å². The summed E-state index contributed by atoms with van der Waals surface area (Å²) >= 11 is 1.38. The van der Waals surface area contributed by atoms with E-state index in [2.05, 4.69) is 5.32 Å². The summed E-state index contributed by atoms with van der Waals surface area (Å²) in [7, 11) is 1.77. The topological polar surface area (TPSA) is 56.0 Å². The Balaban J connectivity index is 1.53. The second kappa shape index (κ2) is 8.57. The average Bonchev–Trinajstić information content (AvgIpc) is 3.32. The summed E-state index contributed by atoms with van der Waals surface area (Å²) in [6, 6.07) is 19.4. The van der Waals surface area contributed by atoms with Gasteiger partial charge in [0.2, 0.25) is 5.91 Å². The summed E-state index contributed by atoms with van der Waals surface area (Å²) in [5.41, 5.74) is 1.82. The minimum Gasteiger partial charge on any atom is -0.316 e. The Hall–Kier alpha value is -3.71. The number of thiophene rings is 1. The van der Waals surface area contributed by atoms with E-state index in [-0.39, 0.29) is 17.1 Å². The molecule has 0 atom stereocenters. The molecule has 4 rings (SSSR count). The molecule has 1 amide bonds. The highest BCUT2D eigenvalue weighted by atomic mass is 32.1. The first-order valence-electron chi connectivity index (χ1n) is 9.63. The lowest BCUT2D eigenvalue weighted by molar-refractivity contribution is -0.111. The fraction of sp³-hybridized carbons (Fsp3) is 0.0833. The van der Waals surface area contributed by atoms with Gasteiger partial charge in [-0.05, 0) is 43.3 Å². The van der Waals surface area contributed by atoms with E-state index in [9.17, 15) is 14.0 Å². The van der Waals surface area contributed by atoms with E-state index in [1.54, 1.807) is 42.9 Å². The molecule has 0 aliphatic heterocycles. The van der Waals surface area contributed by atoms with Crippen molar-refractivity contribution in [2.45, 2.75) is 6.92 Å². The number of amides is 1. The van der Waals surface area contributed by atoms with E-state index in [4.69, 9.17) is 0 Å². The van der Waals surface area contributed by atoms with Crippen molar-refractivity contribution < 1.29 is 9.18 Å². The Kier molecular flexibility index (Phi) is 5.68. The Morgan fingerprint density at radius 3 is 2.48 bits per heavy atom. The van der Waals surface area contributed by atoms with Crippen molar-refractivity contribution >= 4 is 29.0 Å². The lowest BCUT2D eigenvalue weighted by Gasteiger charge is -2.07. The van der Waals surface area contributed by atoms with Gasteiger partial charge in [0, 0.05) is 28.4 Å². The SMILES string of the molecule is Cc1c(NC(=O)C=Cc2ccc(-c3ccccc3F)s2)c(=O)n(-c2ccccc2)n1C. The Morgan fingerprint density at radius 1 is 1.03 bits per heavy atom. The van der Waals surface area contributed by atoms with Crippen LogP contribution in [0.25, 0.3) is 22.2 Å². The Bertz CT molecular complexity index is 1330. The van der Waals surface area contributed by atoms with E-state index < -0.39 is 5.91 Å². The number of para-hydroxylation sites is 1. The molecule has 0 saturated heterocycles. The number of aromatic nitrogens is 2. The van der Waals surface area contributed by atoms with Crippen LogP contribution in [0.2, 0.25) is 0 Å². The van der Waals surface area contributed by atoms with Crippen LogP contribution in [0, 0.1) is 12.7 Å². The van der Waals surface area contributed by atoms with Crippen LogP contribution < -0.4 is 10.9 Å². The first-order chi connectivity index (χ1) is 15.0. The highest BCUT2D eigenvalue weighted by molar-refractivity contribution is 7.16. The van der Waals surface area contributed by atoms with Crippen molar-refractivity contribution in [1.29, 1.82) is 0 Å². The molecule has 1 N–H and O–H groups in total. The summed E-state index contributed by atoms with van der Waals surface area (Å²) in [5, 5.41) is 2.69. The predicted octanol–water partition coefficient (Wildman–Crippen LogP) is 5.00. The van der Waals surface area contributed by atoms with Gasteiger partial charge in [0.1, 0.15) is 11.5 Å². The minimum absolute atomic E-state index is 0.235. The van der Waals surface area contributed by atoms with Crippen molar-refractivity contribution in [2.24, 2.45) is 7.05 Å². The van der Waals surface area contributed by atoms with E-state index in [1.807, 2.05) is 42.5 Å². The molecule has 4 aromatic rings. The number of nitrogens with one attached hydrogen (secondary N) is 1. The second-order valence-electron chi connectivity index (χ2n) is 6.94. The van der Waals surface area contributed by atoms with Crippen molar-refractivity contribution in [3.63, 3.8) is 0 Å². The first kappa shape index (κ1) is 20.6. The molecule has 0 fully saturated rings. The number of benzene rings is 2. The zero-order valence-electron chi connectivity index (χ0n) is 17.0. The number of hydrogen-bond acceptors (Lipinski definition) is 3. The van der Waals surface area contributed by atoms with Crippen LogP contribution in [0.5, 0.6) is 0 Å². The van der Waals surface area contributed by atoms with Gasteiger partial charge >= 0.3 is 0 Å². The van der Waals surface area contributed by atoms with E-state index in [0.717, 1.165) is 9.75 Å². The molecule has 31 heavy (non-hydrogen) atoms. The smallest absolute Gasteiger partial charge is 0.295 e. The molecule has 2 aromatic heterocycles. The third kappa shape index (κ3) is 4.13. The lowest BCUT2D eigenvalue weighted by atomic mass is 10.2. The maximum atomic E-state index is 14.0. The summed E-state index contributed by atoms with van der Waals surface area (Å²) in [6.45, 7) is 1.78. The minimum atomic E-state index is -0.410. The van der Waals surface area contributed by atoms with Gasteiger partial charge in [-0.25, -0.2) is 9.07 Å². The number of nitrogens with zero attached hydrogens (tertiary/aromatic N) is 2. The normalized spacial score (nSPS) is 11.2. The quantitative estimate of drug-likeness (QED) is 0.450. The molecule has 156 valence electrons. The average molecular weight is 434 g/mol. The second-order valence-corrected chi connectivity index (χ2v) is 8.06. The molecule has 7 heteroatoms. The Labute approximate surface area is 182 Å². The summed E-state index contributed by atoms with van der Waals surface area (Å²) < 4.78 is 17.2. The molecule has 0 spiro atoms. The maximum Gasteiger partial charge on any atom is 0.295 e. The maximum absolute atomic E-state index is 14.0. The van der Waals surface area contributed by atoms with Gasteiger partial charge in [-0.15, -0.1) is 11.3 Å². The summed E-state index contributed by atoms with van der Waals surface area (Å²) in [6.07, 6.45) is 3.02. The lowest BCUT2D eigenvalue weighted by Crippen LogP contribution is -2.22. The fourth-order valence-corrected chi connectivity index (χ4v) is 4.22. The van der Waals surface area contributed by atoms with Crippen LogP contribution in [-0.4, -0.2) is 15.3 Å². The van der Waals surface area contributed by atoms with Crippen molar-refractivity contribution in [3.05, 3.63) is 99.5 Å². The molecule has 0 saturated carbocycles. The van der Waals surface area contributed by atoms with Crippen LogP contribution in [0.3, 0.4) is 0 Å². The highest BCUT2D eigenvalue weighted by Gasteiger charge is 2.17. The van der Waals surface area contributed by atoms with Crippen LogP contribution in [0.1, 0.15) is 10.6 Å². The molecule has 0 aliphatic rings. The number of rotatable bonds is 5. The first-order valence-corrected chi connectivity index (χ1v) is 10.4. The fourth-order valence-electron chi connectivity index (χ4n) is 3.28. The van der Waals surface area contributed by atoms with E-state index in [1.165, 1.54) is 28.2 Å². The highest BCUT2D eigenvalue weighted by Crippen LogP contribution is 2.30. The van der Waals surface area contributed by atoms with E-state index in [0.29, 0.717) is 16.9 Å². The van der Waals surface area contributed by atoms with Crippen molar-refractivity contribution in [1.82, 2.24) is 9.36 Å². The number of carbonyl (C=O) groups excluding carboxylic acids is 1. The van der Waals surface area contributed by atoms with Gasteiger partial charge in [-0.3, -0.25) is 14.3 Å². The largest absolute Gasteiger partial charge is 0.316 e. The van der Waals surface area contributed by atoms with Gasteiger partial charge in [-0.2, -0.15) is 0 Å². The molecule has 0 bridgehead atoms. The molecule has 2 aromatic carbocycles. The predicted molar refractivity (Wildman–Crippen MR) is 123 cm³/mol. The zero-order chi connectivity index (χ0) is 22.0. The molecular formula is C24H20FN3O2S. The van der Waals surface area contributed by atoms with Crippen LogP contribution in [-0.2, 0) is 11.8 Å². The molecular weight excluding hydrogens is 413 g/mol. The summed E-state index contributed by atoms with van der Waals surface area (Å²) in [5.74, 6) is -0.696. The monoisotopic (exact) mass is 433 g/mol. The number of halogens is 1. The van der Waals surface area contributed by atoms with Crippen LogP contribution >= 0.6 is 11.3 Å². The third-order valence-electron chi connectivity index (χ3n) is 4.97. The van der Waals surface area contributed by atoms with Gasteiger partial charge in [0.05, 0.1) is 11.4 Å². The van der Waals surface area contributed by atoms with Gasteiger partial charge in [-0.1, -0.05) is 36.4 Å².